The van der Waals surface area contributed by atoms with Crippen molar-refractivity contribution in [3.05, 3.63) is 28.8 Å². The van der Waals surface area contributed by atoms with Gasteiger partial charge >= 0.3 is 0 Å². The van der Waals surface area contributed by atoms with Crippen molar-refractivity contribution in [2.75, 3.05) is 10.7 Å². The van der Waals surface area contributed by atoms with Gasteiger partial charge in [0.15, 0.2) is 17.3 Å². The summed E-state index contributed by atoms with van der Waals surface area (Å²) in [6.07, 6.45) is 0.298. The Hall–Kier alpha value is -1.86. The summed E-state index contributed by atoms with van der Waals surface area (Å²) in [7, 11) is 0. The first-order chi connectivity index (χ1) is 10.8. The highest BCUT2D eigenvalue weighted by Crippen LogP contribution is 2.33. The molecule has 2 rings (SSSR count). The lowest BCUT2D eigenvalue weighted by Gasteiger charge is -2.29. The van der Waals surface area contributed by atoms with Gasteiger partial charge in [-0.2, -0.15) is 0 Å². The minimum absolute atomic E-state index is 0.0497. The quantitative estimate of drug-likeness (QED) is 0.614. The summed E-state index contributed by atoms with van der Waals surface area (Å²) in [4.78, 5) is 49.5. The normalized spacial score (nSPS) is 14.8. The lowest BCUT2D eigenvalue weighted by atomic mass is 9.92. The molecule has 1 saturated heterocycles. The van der Waals surface area contributed by atoms with E-state index in [1.807, 2.05) is 0 Å². The Bertz CT molecular complexity index is 739. The Morgan fingerprint density at radius 2 is 1.65 bits per heavy atom. The standard InChI is InChI=1S/C16H15NO4S2/c1-8(18)11-4-5-12(15(10(3)20)14(11)9(2)19)17-13(21)6-7-23-16(17)22/h4-5H,6-7H2,1-3H3. The molecule has 1 aliphatic rings. The number of nitrogens with zero attached hydrogens (tertiary/aromatic N) is 1. The van der Waals surface area contributed by atoms with Crippen LogP contribution >= 0.6 is 24.0 Å². The van der Waals surface area contributed by atoms with Crippen LogP contribution in [0.1, 0.15) is 58.3 Å². The van der Waals surface area contributed by atoms with E-state index in [0.29, 0.717) is 16.5 Å². The van der Waals surface area contributed by atoms with E-state index in [4.69, 9.17) is 12.2 Å². The third-order valence-corrected chi connectivity index (χ3v) is 4.86. The topological polar surface area (TPSA) is 71.5 Å². The van der Waals surface area contributed by atoms with Gasteiger partial charge in [-0.3, -0.25) is 24.1 Å². The second-order valence-corrected chi connectivity index (χ2v) is 6.87. The lowest BCUT2D eigenvalue weighted by molar-refractivity contribution is -0.117. The molecule has 1 amide bonds. The van der Waals surface area contributed by atoms with Crippen molar-refractivity contribution in [2.45, 2.75) is 27.2 Å². The molecular weight excluding hydrogens is 334 g/mol. The number of ketones is 3. The van der Waals surface area contributed by atoms with Crippen LogP contribution in [0.3, 0.4) is 0 Å². The first-order valence-corrected chi connectivity index (χ1v) is 8.34. The fraction of sp³-hybridized carbons (Fsp3) is 0.312. The molecule has 1 aromatic carbocycles. The average Bonchev–Trinajstić information content (AvgIpc) is 2.45. The molecule has 0 N–H and O–H groups in total. The van der Waals surface area contributed by atoms with Crippen LogP contribution in [0.15, 0.2) is 12.1 Å². The van der Waals surface area contributed by atoms with Crippen LogP contribution < -0.4 is 4.90 Å². The molecule has 5 nitrogen and oxygen atoms in total. The van der Waals surface area contributed by atoms with Gasteiger partial charge in [0.2, 0.25) is 5.91 Å². The van der Waals surface area contributed by atoms with Gasteiger partial charge in [-0.05, 0) is 32.9 Å². The molecule has 7 heteroatoms. The Kier molecular flexibility index (Phi) is 5.11. The largest absolute Gasteiger partial charge is 0.294 e. The third-order valence-electron chi connectivity index (χ3n) is 3.48. The summed E-state index contributed by atoms with van der Waals surface area (Å²) >= 11 is 6.57. The van der Waals surface area contributed by atoms with E-state index in [9.17, 15) is 19.2 Å². The number of benzene rings is 1. The first kappa shape index (κ1) is 17.5. The van der Waals surface area contributed by atoms with Crippen LogP contribution in [0.5, 0.6) is 0 Å². The number of amides is 1. The molecule has 1 aromatic rings. The summed E-state index contributed by atoms with van der Waals surface area (Å²) < 4.78 is 0.342. The van der Waals surface area contributed by atoms with Crippen LogP contribution in [0.4, 0.5) is 5.69 Å². The van der Waals surface area contributed by atoms with Crippen LogP contribution in [0.2, 0.25) is 0 Å². The monoisotopic (exact) mass is 349 g/mol. The van der Waals surface area contributed by atoms with Gasteiger partial charge in [0.1, 0.15) is 4.32 Å². The summed E-state index contributed by atoms with van der Waals surface area (Å²) in [6.45, 7) is 3.93. The summed E-state index contributed by atoms with van der Waals surface area (Å²) in [5.74, 6) is -0.730. The fourth-order valence-electron chi connectivity index (χ4n) is 2.53. The number of carbonyl (C=O) groups is 4. The molecule has 0 bridgehead atoms. The maximum Gasteiger partial charge on any atom is 0.233 e. The minimum Gasteiger partial charge on any atom is -0.294 e. The molecular formula is C16H15NO4S2. The highest BCUT2D eigenvalue weighted by Gasteiger charge is 2.31. The van der Waals surface area contributed by atoms with Gasteiger partial charge in [-0.25, -0.2) is 0 Å². The highest BCUT2D eigenvalue weighted by molar-refractivity contribution is 8.23. The Morgan fingerprint density at radius 3 is 2.13 bits per heavy atom. The zero-order valence-electron chi connectivity index (χ0n) is 13.0. The van der Waals surface area contributed by atoms with E-state index in [1.165, 1.54) is 49.6 Å². The van der Waals surface area contributed by atoms with Crippen LogP contribution in [-0.4, -0.2) is 33.3 Å². The average molecular weight is 349 g/mol. The van der Waals surface area contributed by atoms with Gasteiger partial charge in [0, 0.05) is 23.3 Å². The summed E-state index contributed by atoms with van der Waals surface area (Å²) in [5.41, 5.74) is 0.571. The van der Waals surface area contributed by atoms with Gasteiger partial charge in [0.05, 0.1) is 11.3 Å². The number of carbonyl (C=O) groups excluding carboxylic acids is 4. The summed E-state index contributed by atoms with van der Waals surface area (Å²) in [6, 6.07) is 2.98. The molecule has 0 aromatic heterocycles. The van der Waals surface area contributed by atoms with Gasteiger partial charge in [-0.1, -0.05) is 24.0 Å². The van der Waals surface area contributed by atoms with Gasteiger partial charge in [0.25, 0.3) is 0 Å². The van der Waals surface area contributed by atoms with Crippen LogP contribution in [-0.2, 0) is 4.79 Å². The number of hydrogen-bond donors (Lipinski definition) is 0. The molecule has 0 radical (unpaired) electrons. The van der Waals surface area contributed by atoms with Crippen LogP contribution in [0.25, 0.3) is 0 Å². The number of anilines is 1. The molecule has 0 spiro atoms. The Morgan fingerprint density at radius 1 is 1.04 bits per heavy atom. The molecule has 0 saturated carbocycles. The smallest absolute Gasteiger partial charge is 0.233 e. The van der Waals surface area contributed by atoms with E-state index in [2.05, 4.69) is 0 Å². The van der Waals surface area contributed by atoms with E-state index in [-0.39, 0.29) is 39.9 Å². The Labute approximate surface area is 143 Å². The second-order valence-electron chi connectivity index (χ2n) is 5.14. The lowest BCUT2D eigenvalue weighted by Crippen LogP contribution is -2.39. The SMILES string of the molecule is CC(=O)c1ccc(N2C(=O)CCSC2=S)c(C(C)=O)c1C(C)=O. The van der Waals surface area contributed by atoms with E-state index < -0.39 is 5.78 Å². The Balaban J connectivity index is 2.79. The maximum absolute atomic E-state index is 12.2. The van der Waals surface area contributed by atoms with E-state index in [1.54, 1.807) is 0 Å². The zero-order valence-corrected chi connectivity index (χ0v) is 14.6. The van der Waals surface area contributed by atoms with Crippen molar-refractivity contribution in [1.29, 1.82) is 0 Å². The maximum atomic E-state index is 12.2. The number of rotatable bonds is 4. The van der Waals surface area contributed by atoms with Crippen LogP contribution in [0, 0.1) is 0 Å². The van der Waals surface area contributed by atoms with Gasteiger partial charge in [-0.15, -0.1) is 0 Å². The molecule has 0 unspecified atom stereocenters. The van der Waals surface area contributed by atoms with Crippen molar-refractivity contribution in [3.8, 4) is 0 Å². The second kappa shape index (κ2) is 6.72. The fourth-order valence-corrected chi connectivity index (χ4v) is 3.76. The number of thiocarbonyl (C=S) groups is 1. The molecule has 1 fully saturated rings. The number of hydrogen-bond acceptors (Lipinski definition) is 6. The van der Waals surface area contributed by atoms with E-state index in [0.717, 1.165) is 0 Å². The molecule has 120 valence electrons. The molecule has 1 aliphatic heterocycles. The predicted octanol–water partition coefficient (Wildman–Crippen LogP) is 3.05. The van der Waals surface area contributed by atoms with Crippen molar-refractivity contribution in [1.82, 2.24) is 0 Å². The summed E-state index contributed by atoms with van der Waals surface area (Å²) in [5, 5.41) is 0. The minimum atomic E-state index is -0.398. The number of thioether (sulfide) groups is 1. The van der Waals surface area contributed by atoms with E-state index >= 15 is 0 Å². The van der Waals surface area contributed by atoms with Crippen molar-refractivity contribution in [3.63, 3.8) is 0 Å². The van der Waals surface area contributed by atoms with Gasteiger partial charge < -0.3 is 0 Å². The van der Waals surface area contributed by atoms with Crippen molar-refractivity contribution < 1.29 is 19.2 Å². The zero-order chi connectivity index (χ0) is 17.3. The molecule has 0 atom stereocenters. The van der Waals surface area contributed by atoms with Crippen molar-refractivity contribution >= 4 is 57.2 Å². The highest BCUT2D eigenvalue weighted by atomic mass is 32.2. The van der Waals surface area contributed by atoms with Crippen molar-refractivity contribution in [2.24, 2.45) is 0 Å². The predicted molar refractivity (Wildman–Crippen MR) is 93.6 cm³/mol. The molecule has 0 aliphatic carbocycles. The molecule has 23 heavy (non-hydrogen) atoms. The number of Topliss-reactive ketones (excluding diaryl/α,β-unsaturated/α-hetero) is 3. The third kappa shape index (κ3) is 3.25. The first-order valence-electron chi connectivity index (χ1n) is 6.95. The molecule has 1 heterocycles.